The summed E-state index contributed by atoms with van der Waals surface area (Å²) in [5.41, 5.74) is 4.54. The molecule has 0 saturated heterocycles. The van der Waals surface area contributed by atoms with Crippen molar-refractivity contribution in [2.45, 2.75) is 32.1 Å². The monoisotopic (exact) mass is 432 g/mol. The first kappa shape index (κ1) is 22.7. The molecule has 1 aromatic heterocycles. The minimum absolute atomic E-state index is 0.0279. The molecule has 2 aromatic carbocycles. The van der Waals surface area contributed by atoms with Gasteiger partial charge in [0.15, 0.2) is 0 Å². The van der Waals surface area contributed by atoms with Gasteiger partial charge in [-0.3, -0.25) is 14.8 Å². The van der Waals surface area contributed by atoms with Crippen molar-refractivity contribution in [3.63, 3.8) is 0 Å². The van der Waals surface area contributed by atoms with E-state index in [0.717, 1.165) is 22.2 Å². The summed E-state index contributed by atoms with van der Waals surface area (Å²) in [6, 6.07) is 11.1. The molecule has 0 radical (unpaired) electrons. The van der Waals surface area contributed by atoms with Crippen LogP contribution in [-0.2, 0) is 16.0 Å². The number of amides is 1. The molecule has 1 amide bonds. The molecule has 0 bridgehead atoms. The lowest BCUT2D eigenvalue weighted by Gasteiger charge is -2.13. The van der Waals surface area contributed by atoms with Gasteiger partial charge in [0.1, 0.15) is 23.7 Å². The predicted molar refractivity (Wildman–Crippen MR) is 121 cm³/mol. The summed E-state index contributed by atoms with van der Waals surface area (Å²) >= 11 is 0. The van der Waals surface area contributed by atoms with Crippen molar-refractivity contribution >= 4 is 34.1 Å². The van der Waals surface area contributed by atoms with Crippen LogP contribution in [0.1, 0.15) is 36.8 Å². The second kappa shape index (κ2) is 10.9. The zero-order valence-electron chi connectivity index (χ0n) is 17.7. The van der Waals surface area contributed by atoms with Crippen LogP contribution in [0, 0.1) is 12.3 Å². The molecule has 0 atom stereocenters. The number of ketones is 1. The number of unbranched alkanes of at least 4 members (excludes halogenated alkanes) is 1. The number of anilines is 2. The average Bonchev–Trinajstić information content (AvgIpc) is 2.81. The fourth-order valence-corrected chi connectivity index (χ4v) is 3.34. The number of Topliss-reactive ketones (excluding diaryl/α,β-unsaturated/α-hetero) is 1. The minimum Gasteiger partial charge on any atom is -0.496 e. The number of ether oxygens (including phenoxy) is 1. The number of nitrogens with zero attached hydrogens (tertiary/aromatic N) is 2. The van der Waals surface area contributed by atoms with Gasteiger partial charge >= 0.3 is 0 Å². The summed E-state index contributed by atoms with van der Waals surface area (Å²) in [6.45, 7) is 0. The van der Waals surface area contributed by atoms with E-state index in [1.807, 2.05) is 30.3 Å². The second-order valence-electron chi connectivity index (χ2n) is 7.21. The Bertz CT molecular complexity index is 1170. The summed E-state index contributed by atoms with van der Waals surface area (Å²) < 4.78 is 5.48. The minimum atomic E-state index is -0.457. The summed E-state index contributed by atoms with van der Waals surface area (Å²) in [5.74, 6) is 3.34. The number of hydroxylamine groups is 1. The average molecular weight is 432 g/mol. The number of fused-ring (bicyclic) bond motifs is 1. The van der Waals surface area contributed by atoms with E-state index in [2.05, 4.69) is 21.2 Å². The first-order valence-corrected chi connectivity index (χ1v) is 10.1. The number of rotatable bonds is 10. The summed E-state index contributed by atoms with van der Waals surface area (Å²) in [7, 11) is 1.55. The molecule has 3 N–H and O–H groups in total. The van der Waals surface area contributed by atoms with Gasteiger partial charge in [-0.1, -0.05) is 12.0 Å². The van der Waals surface area contributed by atoms with Gasteiger partial charge in [-0.2, -0.15) is 0 Å². The summed E-state index contributed by atoms with van der Waals surface area (Å²) in [4.78, 5) is 32.3. The van der Waals surface area contributed by atoms with Crippen LogP contribution in [0.25, 0.3) is 10.9 Å². The first-order chi connectivity index (χ1) is 15.5. The Labute approximate surface area is 186 Å². The Morgan fingerprint density at radius 2 is 1.97 bits per heavy atom. The molecular formula is C24H24N4O4. The van der Waals surface area contributed by atoms with Gasteiger partial charge in [-0.15, -0.1) is 6.42 Å². The van der Waals surface area contributed by atoms with E-state index in [-0.39, 0.29) is 18.6 Å². The van der Waals surface area contributed by atoms with Gasteiger partial charge in [0.2, 0.25) is 5.91 Å². The highest BCUT2D eigenvalue weighted by molar-refractivity contribution is 5.93. The van der Waals surface area contributed by atoms with Gasteiger partial charge in [0, 0.05) is 47.5 Å². The van der Waals surface area contributed by atoms with Crippen LogP contribution in [0.15, 0.2) is 42.7 Å². The highest BCUT2D eigenvalue weighted by Crippen LogP contribution is 2.30. The number of hydrogen-bond donors (Lipinski definition) is 3. The van der Waals surface area contributed by atoms with Crippen molar-refractivity contribution in [2.24, 2.45) is 0 Å². The number of aromatic nitrogens is 2. The van der Waals surface area contributed by atoms with E-state index in [1.54, 1.807) is 18.7 Å². The quantitative estimate of drug-likeness (QED) is 0.194. The van der Waals surface area contributed by atoms with E-state index in [9.17, 15) is 9.59 Å². The largest absolute Gasteiger partial charge is 0.496 e. The number of hydrogen-bond acceptors (Lipinski definition) is 7. The maximum absolute atomic E-state index is 12.5. The van der Waals surface area contributed by atoms with Gasteiger partial charge in [-0.05, 0) is 37.1 Å². The molecule has 3 aromatic rings. The zero-order valence-corrected chi connectivity index (χ0v) is 17.7. The van der Waals surface area contributed by atoms with Crippen LogP contribution in [0.5, 0.6) is 5.75 Å². The van der Waals surface area contributed by atoms with Crippen molar-refractivity contribution in [3.8, 4) is 18.1 Å². The Kier molecular flexibility index (Phi) is 7.73. The fraction of sp³-hybridized carbons (Fsp3) is 0.250. The number of carbonyl (C=O) groups is 2. The number of methoxy groups -OCH3 is 1. The summed E-state index contributed by atoms with van der Waals surface area (Å²) in [5, 5.41) is 12.5. The molecule has 0 unspecified atom stereocenters. The first-order valence-electron chi connectivity index (χ1n) is 10.1. The second-order valence-corrected chi connectivity index (χ2v) is 7.21. The summed E-state index contributed by atoms with van der Waals surface area (Å²) in [6.07, 6.45) is 8.72. The third kappa shape index (κ3) is 5.80. The standard InChI is InChI=1S/C24H24N4O4/c1-3-16-7-6-8-18(11-16)27-24-20-13-17(22(32-2)14-21(20)25-15-26-24)12-19(29)9-4-5-10-23(30)28-31/h1,6-8,11,13-15,31H,4-5,9-10,12H2,2H3,(H,28,30)(H,25,26,27). The smallest absolute Gasteiger partial charge is 0.243 e. The van der Waals surface area contributed by atoms with Crippen LogP contribution in [0.3, 0.4) is 0 Å². The third-order valence-corrected chi connectivity index (χ3v) is 4.95. The van der Waals surface area contributed by atoms with E-state index in [1.165, 1.54) is 6.33 Å². The molecule has 164 valence electrons. The number of terminal acetylenes is 1. The maximum Gasteiger partial charge on any atom is 0.243 e. The number of nitrogens with one attached hydrogen (secondary N) is 2. The highest BCUT2D eigenvalue weighted by Gasteiger charge is 2.14. The van der Waals surface area contributed by atoms with Gasteiger partial charge in [0.25, 0.3) is 0 Å². The SMILES string of the molecule is C#Cc1cccc(Nc2ncnc3cc(OC)c(CC(=O)CCCCC(=O)NO)cc23)c1. The molecule has 32 heavy (non-hydrogen) atoms. The molecule has 0 spiro atoms. The van der Waals surface area contributed by atoms with E-state index < -0.39 is 5.91 Å². The molecule has 1 heterocycles. The van der Waals surface area contributed by atoms with Crippen molar-refractivity contribution < 1.29 is 19.5 Å². The molecule has 8 heteroatoms. The van der Waals surface area contributed by atoms with Gasteiger partial charge < -0.3 is 10.1 Å². The molecule has 8 nitrogen and oxygen atoms in total. The van der Waals surface area contributed by atoms with Gasteiger partial charge in [0.05, 0.1) is 12.6 Å². The van der Waals surface area contributed by atoms with Crippen LogP contribution in [0.2, 0.25) is 0 Å². The molecular weight excluding hydrogens is 408 g/mol. The van der Waals surface area contributed by atoms with Crippen molar-refractivity contribution in [2.75, 3.05) is 12.4 Å². The van der Waals surface area contributed by atoms with Crippen molar-refractivity contribution in [1.29, 1.82) is 0 Å². The van der Waals surface area contributed by atoms with E-state index in [0.29, 0.717) is 36.3 Å². The fourth-order valence-electron chi connectivity index (χ4n) is 3.34. The van der Waals surface area contributed by atoms with Crippen molar-refractivity contribution in [3.05, 3.63) is 53.9 Å². The normalized spacial score (nSPS) is 10.4. The van der Waals surface area contributed by atoms with E-state index >= 15 is 0 Å². The lowest BCUT2D eigenvalue weighted by molar-refractivity contribution is -0.129. The number of carbonyl (C=O) groups excluding carboxylic acids is 2. The van der Waals surface area contributed by atoms with Gasteiger partial charge in [-0.25, -0.2) is 15.4 Å². The predicted octanol–water partition coefficient (Wildman–Crippen LogP) is 3.54. The maximum atomic E-state index is 12.5. The number of benzene rings is 2. The van der Waals surface area contributed by atoms with Crippen LogP contribution in [-0.4, -0.2) is 34.0 Å². The Morgan fingerprint density at radius 1 is 1.16 bits per heavy atom. The van der Waals surface area contributed by atoms with Crippen LogP contribution >= 0.6 is 0 Å². The molecule has 0 saturated carbocycles. The molecule has 0 fully saturated rings. The molecule has 0 aliphatic rings. The molecule has 0 aliphatic carbocycles. The lowest BCUT2D eigenvalue weighted by atomic mass is 10.0. The molecule has 3 rings (SSSR count). The zero-order chi connectivity index (χ0) is 22.9. The molecule has 0 aliphatic heterocycles. The Morgan fingerprint density at radius 3 is 2.72 bits per heavy atom. The van der Waals surface area contributed by atoms with Crippen LogP contribution in [0.4, 0.5) is 11.5 Å². The third-order valence-electron chi connectivity index (χ3n) is 4.95. The van der Waals surface area contributed by atoms with Crippen LogP contribution < -0.4 is 15.5 Å². The lowest BCUT2D eigenvalue weighted by Crippen LogP contribution is -2.17. The highest BCUT2D eigenvalue weighted by atomic mass is 16.5. The topological polar surface area (TPSA) is 113 Å². The Hall–Kier alpha value is -3.96. The Balaban J connectivity index is 1.80. The van der Waals surface area contributed by atoms with Crippen molar-refractivity contribution in [1.82, 2.24) is 15.4 Å². The van der Waals surface area contributed by atoms with E-state index in [4.69, 9.17) is 16.4 Å².